The number of carbonyl (C=O) groups is 2. The van der Waals surface area contributed by atoms with E-state index in [2.05, 4.69) is 10.1 Å². The summed E-state index contributed by atoms with van der Waals surface area (Å²) in [6.07, 6.45) is 0. The minimum atomic E-state index is -0.417. The van der Waals surface area contributed by atoms with Crippen LogP contribution in [-0.4, -0.2) is 25.0 Å². The summed E-state index contributed by atoms with van der Waals surface area (Å²) < 4.78 is 4.68. The molecule has 0 saturated heterocycles. The van der Waals surface area contributed by atoms with Gasteiger partial charge in [-0.1, -0.05) is 0 Å². The molecule has 0 unspecified atom stereocenters. The molecule has 1 rings (SSSR count). The Hall–Kier alpha value is -1.36. The largest absolute Gasteiger partial charge is 0.465 e. The molecule has 0 aliphatic rings. The number of nitrogens with one attached hydrogen (secondary N) is 1. The second-order valence-corrected chi connectivity index (χ2v) is 4.19. The van der Waals surface area contributed by atoms with Gasteiger partial charge >= 0.3 is 5.97 Å². The van der Waals surface area contributed by atoms with Gasteiger partial charge in [-0.15, -0.1) is 11.3 Å². The second kappa shape index (κ2) is 5.50. The number of rotatable bonds is 4. The van der Waals surface area contributed by atoms with Gasteiger partial charge in [0.2, 0.25) is 0 Å². The van der Waals surface area contributed by atoms with Gasteiger partial charge in [-0.05, 0) is 26.0 Å². The number of thiophene rings is 1. The van der Waals surface area contributed by atoms with Crippen LogP contribution in [-0.2, 0) is 9.53 Å². The summed E-state index contributed by atoms with van der Waals surface area (Å²) in [7, 11) is 0. The van der Waals surface area contributed by atoms with Crippen molar-refractivity contribution in [2.45, 2.75) is 13.8 Å². The van der Waals surface area contributed by atoms with Crippen molar-refractivity contribution in [3.05, 3.63) is 21.9 Å². The molecule has 0 atom stereocenters. The van der Waals surface area contributed by atoms with Crippen LogP contribution in [0.5, 0.6) is 0 Å². The highest BCUT2D eigenvalue weighted by Gasteiger charge is 2.09. The van der Waals surface area contributed by atoms with Crippen molar-refractivity contribution in [1.82, 2.24) is 5.32 Å². The highest BCUT2D eigenvalue weighted by molar-refractivity contribution is 7.13. The third-order valence-electron chi connectivity index (χ3n) is 1.66. The van der Waals surface area contributed by atoms with Gasteiger partial charge in [0.25, 0.3) is 5.91 Å². The lowest BCUT2D eigenvalue weighted by Crippen LogP contribution is -2.30. The molecule has 0 bridgehead atoms. The molecule has 1 heterocycles. The number of amides is 1. The van der Waals surface area contributed by atoms with E-state index in [4.69, 9.17) is 0 Å². The second-order valence-electron chi connectivity index (χ2n) is 2.90. The summed E-state index contributed by atoms with van der Waals surface area (Å²) in [6, 6.07) is 3.60. The van der Waals surface area contributed by atoms with Crippen LogP contribution >= 0.6 is 11.3 Å². The Morgan fingerprint density at radius 2 is 2.20 bits per heavy atom. The zero-order chi connectivity index (χ0) is 11.3. The Kier molecular flexibility index (Phi) is 4.30. The van der Waals surface area contributed by atoms with Crippen molar-refractivity contribution in [2.75, 3.05) is 13.2 Å². The van der Waals surface area contributed by atoms with E-state index in [1.807, 2.05) is 13.0 Å². The Morgan fingerprint density at radius 1 is 1.47 bits per heavy atom. The molecule has 82 valence electrons. The normalized spacial score (nSPS) is 9.73. The lowest BCUT2D eigenvalue weighted by atomic mass is 10.4. The van der Waals surface area contributed by atoms with Gasteiger partial charge in [0, 0.05) is 4.88 Å². The smallest absolute Gasteiger partial charge is 0.325 e. The van der Waals surface area contributed by atoms with Crippen LogP contribution < -0.4 is 5.32 Å². The monoisotopic (exact) mass is 227 g/mol. The van der Waals surface area contributed by atoms with Gasteiger partial charge in [0.1, 0.15) is 6.54 Å². The van der Waals surface area contributed by atoms with E-state index >= 15 is 0 Å². The number of aryl methyl sites for hydroxylation is 1. The van der Waals surface area contributed by atoms with Crippen LogP contribution in [0.25, 0.3) is 0 Å². The molecular formula is C10H13NO3S. The van der Waals surface area contributed by atoms with Gasteiger partial charge in [-0.25, -0.2) is 0 Å². The molecule has 0 saturated carbocycles. The third-order valence-corrected chi connectivity index (χ3v) is 2.66. The van der Waals surface area contributed by atoms with Crippen LogP contribution in [0.2, 0.25) is 0 Å². The molecule has 0 radical (unpaired) electrons. The summed E-state index contributed by atoms with van der Waals surface area (Å²) in [4.78, 5) is 24.1. The zero-order valence-electron chi connectivity index (χ0n) is 8.70. The van der Waals surface area contributed by atoms with Crippen LogP contribution in [0.3, 0.4) is 0 Å². The van der Waals surface area contributed by atoms with Crippen molar-refractivity contribution >= 4 is 23.2 Å². The molecule has 0 spiro atoms. The maximum atomic E-state index is 11.5. The quantitative estimate of drug-likeness (QED) is 0.790. The van der Waals surface area contributed by atoms with Gasteiger partial charge in [0.05, 0.1) is 11.5 Å². The molecule has 1 N–H and O–H groups in total. The Balaban J connectivity index is 2.40. The molecule has 0 aliphatic heterocycles. The molecule has 0 aromatic carbocycles. The molecule has 0 aliphatic carbocycles. The van der Waals surface area contributed by atoms with E-state index < -0.39 is 5.97 Å². The summed E-state index contributed by atoms with van der Waals surface area (Å²) in [5, 5.41) is 2.49. The van der Waals surface area contributed by atoms with Crippen molar-refractivity contribution in [3.63, 3.8) is 0 Å². The minimum absolute atomic E-state index is 0.0797. The van der Waals surface area contributed by atoms with Crippen LogP contribution in [0, 0.1) is 6.92 Å². The van der Waals surface area contributed by atoms with Crippen molar-refractivity contribution in [3.8, 4) is 0 Å². The van der Waals surface area contributed by atoms with Gasteiger partial charge in [-0.3, -0.25) is 9.59 Å². The van der Waals surface area contributed by atoms with Gasteiger partial charge in [0.15, 0.2) is 0 Å². The molecule has 5 heteroatoms. The van der Waals surface area contributed by atoms with Gasteiger partial charge in [-0.2, -0.15) is 0 Å². The lowest BCUT2D eigenvalue weighted by molar-refractivity contribution is -0.141. The van der Waals surface area contributed by atoms with E-state index in [1.54, 1.807) is 13.0 Å². The van der Waals surface area contributed by atoms with E-state index in [-0.39, 0.29) is 12.5 Å². The fraction of sp³-hybridized carbons (Fsp3) is 0.400. The number of hydrogen-bond donors (Lipinski definition) is 1. The average Bonchev–Trinajstić information content (AvgIpc) is 2.62. The Labute approximate surface area is 92.2 Å². The topological polar surface area (TPSA) is 55.4 Å². The first-order valence-corrected chi connectivity index (χ1v) is 5.45. The number of ether oxygens (including phenoxy) is 1. The van der Waals surface area contributed by atoms with Crippen LogP contribution in [0.1, 0.15) is 21.5 Å². The van der Waals surface area contributed by atoms with E-state index in [0.29, 0.717) is 11.5 Å². The minimum Gasteiger partial charge on any atom is -0.465 e. The Morgan fingerprint density at radius 3 is 2.73 bits per heavy atom. The maximum Gasteiger partial charge on any atom is 0.325 e. The summed E-state index contributed by atoms with van der Waals surface area (Å²) in [6.45, 7) is 3.89. The van der Waals surface area contributed by atoms with Gasteiger partial charge < -0.3 is 10.1 Å². The number of hydrogen-bond acceptors (Lipinski definition) is 4. The Bertz CT molecular complexity index is 359. The predicted octanol–water partition coefficient (Wildman–Crippen LogP) is 1.35. The molecule has 0 fully saturated rings. The molecular weight excluding hydrogens is 214 g/mol. The summed E-state index contributed by atoms with van der Waals surface area (Å²) >= 11 is 1.40. The molecule has 15 heavy (non-hydrogen) atoms. The fourth-order valence-electron chi connectivity index (χ4n) is 1.01. The SMILES string of the molecule is CCOC(=O)CNC(=O)c1ccc(C)s1. The highest BCUT2D eigenvalue weighted by Crippen LogP contribution is 2.14. The van der Waals surface area contributed by atoms with Crippen LogP contribution in [0.15, 0.2) is 12.1 Å². The average molecular weight is 227 g/mol. The van der Waals surface area contributed by atoms with E-state index in [0.717, 1.165) is 4.88 Å². The van der Waals surface area contributed by atoms with E-state index in [1.165, 1.54) is 11.3 Å². The fourth-order valence-corrected chi connectivity index (χ4v) is 1.79. The summed E-state index contributed by atoms with van der Waals surface area (Å²) in [5.74, 6) is -0.653. The molecule has 1 amide bonds. The zero-order valence-corrected chi connectivity index (χ0v) is 9.52. The molecule has 1 aromatic heterocycles. The standard InChI is InChI=1S/C10H13NO3S/c1-3-14-9(12)6-11-10(13)8-5-4-7(2)15-8/h4-5H,3,6H2,1-2H3,(H,11,13). The van der Waals surface area contributed by atoms with Crippen LogP contribution in [0.4, 0.5) is 0 Å². The lowest BCUT2D eigenvalue weighted by Gasteiger charge is -2.02. The first kappa shape index (κ1) is 11.7. The first-order chi connectivity index (χ1) is 7.13. The third kappa shape index (κ3) is 3.71. The number of esters is 1. The maximum absolute atomic E-state index is 11.5. The molecule has 4 nitrogen and oxygen atoms in total. The van der Waals surface area contributed by atoms with Crippen molar-refractivity contribution in [2.24, 2.45) is 0 Å². The first-order valence-electron chi connectivity index (χ1n) is 4.63. The van der Waals surface area contributed by atoms with Crippen molar-refractivity contribution in [1.29, 1.82) is 0 Å². The van der Waals surface area contributed by atoms with E-state index in [9.17, 15) is 9.59 Å². The predicted molar refractivity (Wildman–Crippen MR) is 58.0 cm³/mol. The highest BCUT2D eigenvalue weighted by atomic mass is 32.1. The number of carbonyl (C=O) groups excluding carboxylic acids is 2. The molecule has 1 aromatic rings. The summed E-state index contributed by atoms with van der Waals surface area (Å²) in [5.41, 5.74) is 0. The van der Waals surface area contributed by atoms with Crippen molar-refractivity contribution < 1.29 is 14.3 Å².